The van der Waals surface area contributed by atoms with Crippen LogP contribution in [0.15, 0.2) is 48.9 Å². The van der Waals surface area contributed by atoms with Crippen molar-refractivity contribution in [3.63, 3.8) is 0 Å². The predicted octanol–water partition coefficient (Wildman–Crippen LogP) is 3.17. The number of hydrogen-bond acceptors (Lipinski definition) is 2. The molecule has 2 nitrogen and oxygen atoms in total. The molecule has 2 heteroatoms. The Morgan fingerprint density at radius 3 is 2.14 bits per heavy atom. The monoisotopic (exact) mass is 186 g/mol. The summed E-state index contributed by atoms with van der Waals surface area (Å²) >= 11 is 0. The van der Waals surface area contributed by atoms with Crippen molar-refractivity contribution < 1.29 is 0 Å². The molecule has 0 saturated carbocycles. The van der Waals surface area contributed by atoms with Crippen LogP contribution in [0, 0.1) is 0 Å². The molecule has 2 heterocycles. The van der Waals surface area contributed by atoms with Crippen molar-refractivity contribution in [2.75, 3.05) is 0 Å². The van der Waals surface area contributed by atoms with Gasteiger partial charge in [-0.2, -0.15) is 0 Å². The average molecular weight is 186 g/mol. The SMILES string of the molecule is CC.c1ccc(-c2ccncc2)nc1. The maximum absolute atomic E-state index is 4.22. The van der Waals surface area contributed by atoms with Crippen molar-refractivity contribution in [1.82, 2.24) is 9.97 Å². The molecule has 0 amide bonds. The van der Waals surface area contributed by atoms with Crippen LogP contribution in [-0.4, -0.2) is 9.97 Å². The van der Waals surface area contributed by atoms with Gasteiger partial charge in [-0.1, -0.05) is 19.9 Å². The van der Waals surface area contributed by atoms with E-state index in [0.29, 0.717) is 0 Å². The molecule has 0 fully saturated rings. The quantitative estimate of drug-likeness (QED) is 0.683. The minimum atomic E-state index is 0.986. The summed E-state index contributed by atoms with van der Waals surface area (Å²) in [6.07, 6.45) is 5.32. The minimum Gasteiger partial charge on any atom is -0.265 e. The molecule has 0 aliphatic carbocycles. The summed E-state index contributed by atoms with van der Waals surface area (Å²) in [7, 11) is 0. The first-order valence-electron chi connectivity index (χ1n) is 4.78. The number of nitrogens with zero attached hydrogens (tertiary/aromatic N) is 2. The Morgan fingerprint density at radius 2 is 1.57 bits per heavy atom. The summed E-state index contributed by atoms with van der Waals surface area (Å²) in [6, 6.07) is 9.76. The number of rotatable bonds is 1. The van der Waals surface area contributed by atoms with Gasteiger partial charge in [0, 0.05) is 24.2 Å². The van der Waals surface area contributed by atoms with Gasteiger partial charge in [0.25, 0.3) is 0 Å². The third-order valence-electron chi connectivity index (χ3n) is 1.64. The normalized spacial score (nSPS) is 8.71. The first-order valence-corrected chi connectivity index (χ1v) is 4.78. The first kappa shape index (κ1) is 10.4. The molecule has 0 unspecified atom stereocenters. The van der Waals surface area contributed by atoms with Crippen LogP contribution in [0.2, 0.25) is 0 Å². The van der Waals surface area contributed by atoms with Crippen LogP contribution < -0.4 is 0 Å². The molecule has 0 aliphatic heterocycles. The smallest absolute Gasteiger partial charge is 0.0703 e. The second kappa shape index (κ2) is 5.86. The van der Waals surface area contributed by atoms with E-state index in [9.17, 15) is 0 Å². The summed E-state index contributed by atoms with van der Waals surface area (Å²) in [6.45, 7) is 4.00. The predicted molar refractivity (Wildman–Crippen MR) is 58.8 cm³/mol. The van der Waals surface area contributed by atoms with Crippen molar-refractivity contribution in [3.05, 3.63) is 48.9 Å². The fourth-order valence-corrected chi connectivity index (χ4v) is 1.06. The summed E-state index contributed by atoms with van der Waals surface area (Å²) in [5, 5.41) is 0. The minimum absolute atomic E-state index is 0.986. The molecular formula is C12H14N2. The Hall–Kier alpha value is -1.70. The molecule has 2 aromatic heterocycles. The Morgan fingerprint density at radius 1 is 0.857 bits per heavy atom. The van der Waals surface area contributed by atoms with Crippen molar-refractivity contribution in [2.45, 2.75) is 13.8 Å². The van der Waals surface area contributed by atoms with E-state index in [1.54, 1.807) is 18.6 Å². The molecule has 0 atom stereocenters. The summed E-state index contributed by atoms with van der Waals surface area (Å²) in [5.41, 5.74) is 2.09. The van der Waals surface area contributed by atoms with E-state index in [2.05, 4.69) is 9.97 Å². The van der Waals surface area contributed by atoms with E-state index in [0.717, 1.165) is 11.3 Å². The van der Waals surface area contributed by atoms with Gasteiger partial charge in [0.15, 0.2) is 0 Å². The van der Waals surface area contributed by atoms with Crippen LogP contribution in [0.25, 0.3) is 11.3 Å². The molecule has 0 radical (unpaired) electrons. The third-order valence-corrected chi connectivity index (χ3v) is 1.64. The zero-order valence-corrected chi connectivity index (χ0v) is 8.51. The Bertz CT molecular complexity index is 306. The van der Waals surface area contributed by atoms with E-state index in [-0.39, 0.29) is 0 Å². The molecule has 72 valence electrons. The van der Waals surface area contributed by atoms with Crippen LogP contribution in [0.3, 0.4) is 0 Å². The number of pyridine rings is 2. The highest BCUT2D eigenvalue weighted by Crippen LogP contribution is 2.13. The standard InChI is InChI=1S/C10H8N2.C2H6/c1-2-6-12-10(3-1)9-4-7-11-8-5-9;1-2/h1-8H;1-2H3. The molecule has 0 saturated heterocycles. The number of aromatic nitrogens is 2. The fourth-order valence-electron chi connectivity index (χ4n) is 1.06. The molecule has 0 aliphatic rings. The van der Waals surface area contributed by atoms with Gasteiger partial charge >= 0.3 is 0 Å². The van der Waals surface area contributed by atoms with Crippen LogP contribution in [0.4, 0.5) is 0 Å². The van der Waals surface area contributed by atoms with E-state index >= 15 is 0 Å². The van der Waals surface area contributed by atoms with Crippen LogP contribution >= 0.6 is 0 Å². The maximum Gasteiger partial charge on any atom is 0.0703 e. The van der Waals surface area contributed by atoms with Crippen LogP contribution in [0.5, 0.6) is 0 Å². The summed E-state index contributed by atoms with van der Waals surface area (Å²) in [4.78, 5) is 8.16. The van der Waals surface area contributed by atoms with Crippen molar-refractivity contribution in [1.29, 1.82) is 0 Å². The van der Waals surface area contributed by atoms with Gasteiger partial charge in [-0.25, -0.2) is 0 Å². The van der Waals surface area contributed by atoms with Crippen molar-refractivity contribution in [2.24, 2.45) is 0 Å². The van der Waals surface area contributed by atoms with Crippen molar-refractivity contribution in [3.8, 4) is 11.3 Å². The molecule has 14 heavy (non-hydrogen) atoms. The average Bonchev–Trinajstić information content (AvgIpc) is 2.34. The lowest BCUT2D eigenvalue weighted by Gasteiger charge is -1.96. The fraction of sp³-hybridized carbons (Fsp3) is 0.167. The molecule has 2 aromatic rings. The zero-order valence-electron chi connectivity index (χ0n) is 8.51. The highest BCUT2D eigenvalue weighted by molar-refractivity contribution is 5.57. The second-order valence-corrected chi connectivity index (χ2v) is 2.45. The maximum atomic E-state index is 4.22. The Balaban J connectivity index is 0.000000461. The van der Waals surface area contributed by atoms with Gasteiger partial charge in [-0.15, -0.1) is 0 Å². The number of hydrogen-bond donors (Lipinski definition) is 0. The highest BCUT2D eigenvalue weighted by atomic mass is 14.7. The van der Waals surface area contributed by atoms with Gasteiger partial charge in [-0.05, 0) is 24.3 Å². The molecule has 2 rings (SSSR count). The lowest BCUT2D eigenvalue weighted by atomic mass is 10.2. The molecular weight excluding hydrogens is 172 g/mol. The second-order valence-electron chi connectivity index (χ2n) is 2.45. The van der Waals surface area contributed by atoms with Crippen molar-refractivity contribution >= 4 is 0 Å². The Labute approximate surface area is 84.7 Å². The molecule has 0 bridgehead atoms. The van der Waals surface area contributed by atoms with Gasteiger partial charge < -0.3 is 0 Å². The molecule has 0 aromatic carbocycles. The van der Waals surface area contributed by atoms with E-state index in [1.165, 1.54) is 0 Å². The van der Waals surface area contributed by atoms with Crippen LogP contribution in [-0.2, 0) is 0 Å². The van der Waals surface area contributed by atoms with Gasteiger partial charge in [0.1, 0.15) is 0 Å². The molecule has 0 N–H and O–H groups in total. The highest BCUT2D eigenvalue weighted by Gasteiger charge is 1.94. The lowest BCUT2D eigenvalue weighted by Crippen LogP contribution is -1.80. The topological polar surface area (TPSA) is 25.8 Å². The van der Waals surface area contributed by atoms with E-state index in [4.69, 9.17) is 0 Å². The van der Waals surface area contributed by atoms with Crippen LogP contribution in [0.1, 0.15) is 13.8 Å². The van der Waals surface area contributed by atoms with E-state index < -0.39 is 0 Å². The third kappa shape index (κ3) is 2.66. The first-order chi connectivity index (χ1) is 6.97. The largest absolute Gasteiger partial charge is 0.265 e. The Kier molecular flexibility index (Phi) is 4.35. The summed E-state index contributed by atoms with van der Waals surface area (Å²) in [5.74, 6) is 0. The zero-order chi connectivity index (χ0) is 10.2. The van der Waals surface area contributed by atoms with Gasteiger partial charge in [-0.3, -0.25) is 9.97 Å². The summed E-state index contributed by atoms with van der Waals surface area (Å²) < 4.78 is 0. The molecule has 0 spiro atoms. The van der Waals surface area contributed by atoms with Gasteiger partial charge in [0.2, 0.25) is 0 Å². The van der Waals surface area contributed by atoms with E-state index in [1.807, 2.05) is 44.2 Å². The lowest BCUT2D eigenvalue weighted by molar-refractivity contribution is 1.29. The van der Waals surface area contributed by atoms with Gasteiger partial charge in [0.05, 0.1) is 5.69 Å².